The molecule has 1 aromatic carbocycles. The first-order valence-corrected chi connectivity index (χ1v) is 7.61. The number of anilines is 1. The summed E-state index contributed by atoms with van der Waals surface area (Å²) in [7, 11) is 0. The third-order valence-electron chi connectivity index (χ3n) is 4.30. The molecule has 1 saturated heterocycles. The van der Waals surface area contributed by atoms with E-state index in [2.05, 4.69) is 4.98 Å². The van der Waals surface area contributed by atoms with Gasteiger partial charge in [-0.2, -0.15) is 0 Å². The van der Waals surface area contributed by atoms with Crippen molar-refractivity contribution in [3.8, 4) is 0 Å². The van der Waals surface area contributed by atoms with Crippen molar-refractivity contribution in [2.45, 2.75) is 32.6 Å². The molecule has 1 aliphatic heterocycles. The molecule has 0 bridgehead atoms. The first-order valence-electron chi connectivity index (χ1n) is 7.61. The normalized spacial score (nSPS) is 16.0. The average molecular weight is 283 g/mol. The summed E-state index contributed by atoms with van der Waals surface area (Å²) >= 11 is 0. The van der Waals surface area contributed by atoms with Gasteiger partial charge in [0, 0.05) is 35.7 Å². The third-order valence-corrected chi connectivity index (χ3v) is 4.30. The van der Waals surface area contributed by atoms with Gasteiger partial charge >= 0.3 is 0 Å². The maximum absolute atomic E-state index is 12.8. The predicted octanol–water partition coefficient (Wildman–Crippen LogP) is 3.14. The van der Waals surface area contributed by atoms with E-state index in [-0.39, 0.29) is 5.91 Å². The lowest BCUT2D eigenvalue weighted by atomic mass is 10.0. The minimum Gasteiger partial charge on any atom is -0.398 e. The predicted molar refractivity (Wildman–Crippen MR) is 85.3 cm³/mol. The van der Waals surface area contributed by atoms with E-state index < -0.39 is 0 Å². The summed E-state index contributed by atoms with van der Waals surface area (Å²) < 4.78 is 0. The number of pyridine rings is 1. The summed E-state index contributed by atoms with van der Waals surface area (Å²) in [6, 6.07) is 5.80. The SMILES string of the molecule is Cc1ccc2c(C(=O)N3CCCCCC3)nccc2c1N. The van der Waals surface area contributed by atoms with E-state index in [9.17, 15) is 4.79 Å². The summed E-state index contributed by atoms with van der Waals surface area (Å²) in [6.45, 7) is 3.64. The van der Waals surface area contributed by atoms with E-state index in [1.54, 1.807) is 6.20 Å². The van der Waals surface area contributed by atoms with Crippen molar-refractivity contribution in [2.24, 2.45) is 0 Å². The van der Waals surface area contributed by atoms with E-state index in [0.29, 0.717) is 5.69 Å². The van der Waals surface area contributed by atoms with Crippen LogP contribution in [-0.4, -0.2) is 28.9 Å². The highest BCUT2D eigenvalue weighted by Crippen LogP contribution is 2.27. The fourth-order valence-electron chi connectivity index (χ4n) is 2.98. The Bertz CT molecular complexity index is 673. The summed E-state index contributed by atoms with van der Waals surface area (Å²) in [6.07, 6.45) is 6.26. The van der Waals surface area contributed by atoms with Gasteiger partial charge < -0.3 is 10.6 Å². The molecule has 21 heavy (non-hydrogen) atoms. The lowest BCUT2D eigenvalue weighted by molar-refractivity contribution is 0.0758. The fourth-order valence-corrected chi connectivity index (χ4v) is 2.98. The number of benzene rings is 1. The van der Waals surface area contributed by atoms with E-state index >= 15 is 0 Å². The number of likely N-dealkylation sites (tertiary alicyclic amines) is 1. The molecule has 1 aliphatic rings. The first-order chi connectivity index (χ1) is 10.2. The fraction of sp³-hybridized carbons (Fsp3) is 0.412. The molecule has 0 radical (unpaired) electrons. The zero-order chi connectivity index (χ0) is 14.8. The van der Waals surface area contributed by atoms with Crippen molar-refractivity contribution in [3.05, 3.63) is 35.7 Å². The second-order valence-corrected chi connectivity index (χ2v) is 5.76. The Labute approximate surface area is 125 Å². The molecule has 0 aliphatic carbocycles. The number of hydrogen-bond donors (Lipinski definition) is 1. The van der Waals surface area contributed by atoms with Crippen molar-refractivity contribution in [1.82, 2.24) is 9.88 Å². The standard InChI is InChI=1S/C17H21N3O/c1-12-6-7-14-13(15(12)18)8-9-19-16(14)17(21)20-10-4-2-3-5-11-20/h6-9H,2-5,10-11,18H2,1H3. The smallest absolute Gasteiger partial charge is 0.273 e. The van der Waals surface area contributed by atoms with Crippen molar-refractivity contribution < 1.29 is 4.79 Å². The van der Waals surface area contributed by atoms with Crippen LogP contribution in [0, 0.1) is 6.92 Å². The minimum absolute atomic E-state index is 0.0331. The van der Waals surface area contributed by atoms with E-state index in [4.69, 9.17) is 5.73 Å². The molecule has 1 fully saturated rings. The van der Waals surface area contributed by atoms with Crippen LogP contribution in [0.4, 0.5) is 5.69 Å². The molecule has 4 heteroatoms. The second kappa shape index (κ2) is 5.72. The van der Waals surface area contributed by atoms with Crippen LogP contribution in [0.25, 0.3) is 10.8 Å². The van der Waals surface area contributed by atoms with Gasteiger partial charge in [0.1, 0.15) is 5.69 Å². The van der Waals surface area contributed by atoms with Crippen LogP contribution in [0.5, 0.6) is 0 Å². The first kappa shape index (κ1) is 13.9. The number of carbonyl (C=O) groups is 1. The Morgan fingerprint density at radius 3 is 2.52 bits per heavy atom. The van der Waals surface area contributed by atoms with Gasteiger partial charge in [0.2, 0.25) is 0 Å². The Kier molecular flexibility index (Phi) is 3.78. The van der Waals surface area contributed by atoms with Crippen molar-refractivity contribution in [2.75, 3.05) is 18.8 Å². The van der Waals surface area contributed by atoms with Crippen molar-refractivity contribution in [1.29, 1.82) is 0 Å². The quantitative estimate of drug-likeness (QED) is 0.818. The number of nitrogen functional groups attached to an aromatic ring is 1. The van der Waals surface area contributed by atoms with Crippen LogP contribution >= 0.6 is 0 Å². The Morgan fingerprint density at radius 2 is 1.81 bits per heavy atom. The number of nitrogens with two attached hydrogens (primary N) is 1. The Morgan fingerprint density at radius 1 is 1.10 bits per heavy atom. The lowest BCUT2D eigenvalue weighted by Crippen LogP contribution is -2.32. The maximum atomic E-state index is 12.8. The number of aryl methyl sites for hydroxylation is 1. The van der Waals surface area contributed by atoms with Gasteiger partial charge in [-0.15, -0.1) is 0 Å². The Hall–Kier alpha value is -2.10. The van der Waals surface area contributed by atoms with Crippen molar-refractivity contribution in [3.63, 3.8) is 0 Å². The van der Waals surface area contributed by atoms with Crippen LogP contribution in [-0.2, 0) is 0 Å². The highest BCUT2D eigenvalue weighted by atomic mass is 16.2. The second-order valence-electron chi connectivity index (χ2n) is 5.76. The average Bonchev–Trinajstić information content (AvgIpc) is 2.79. The molecular formula is C17H21N3O. The van der Waals surface area contributed by atoms with Crippen LogP contribution < -0.4 is 5.73 Å². The summed E-state index contributed by atoms with van der Waals surface area (Å²) in [4.78, 5) is 19.1. The van der Waals surface area contributed by atoms with Gasteiger partial charge in [-0.25, -0.2) is 0 Å². The summed E-state index contributed by atoms with van der Waals surface area (Å²) in [5.41, 5.74) is 8.43. The highest BCUT2D eigenvalue weighted by molar-refractivity contribution is 6.08. The van der Waals surface area contributed by atoms with Gasteiger partial charge in [0.25, 0.3) is 5.91 Å². The van der Waals surface area contributed by atoms with Crippen LogP contribution in [0.3, 0.4) is 0 Å². The van der Waals surface area contributed by atoms with Crippen LogP contribution in [0.1, 0.15) is 41.7 Å². The number of hydrogen-bond acceptors (Lipinski definition) is 3. The molecule has 2 heterocycles. The van der Waals surface area contributed by atoms with E-state index in [0.717, 1.165) is 48.0 Å². The number of rotatable bonds is 1. The topological polar surface area (TPSA) is 59.2 Å². The molecule has 110 valence electrons. The number of aromatic nitrogens is 1. The highest BCUT2D eigenvalue weighted by Gasteiger charge is 2.21. The van der Waals surface area contributed by atoms with Gasteiger partial charge in [0.15, 0.2) is 0 Å². The molecule has 2 aromatic rings. The molecule has 0 spiro atoms. The molecule has 0 atom stereocenters. The van der Waals surface area contributed by atoms with E-state index in [1.807, 2.05) is 30.0 Å². The minimum atomic E-state index is 0.0331. The third kappa shape index (κ3) is 2.58. The van der Waals surface area contributed by atoms with Gasteiger partial charge in [-0.3, -0.25) is 9.78 Å². The van der Waals surface area contributed by atoms with E-state index in [1.165, 1.54) is 12.8 Å². The number of amides is 1. The summed E-state index contributed by atoms with van der Waals surface area (Å²) in [5, 5.41) is 1.78. The molecule has 2 N–H and O–H groups in total. The van der Waals surface area contributed by atoms with Gasteiger partial charge in [0.05, 0.1) is 0 Å². The number of carbonyl (C=O) groups excluding carboxylic acids is 1. The Balaban J connectivity index is 2.03. The molecular weight excluding hydrogens is 262 g/mol. The number of fused-ring (bicyclic) bond motifs is 1. The largest absolute Gasteiger partial charge is 0.398 e. The van der Waals surface area contributed by atoms with Gasteiger partial charge in [-0.1, -0.05) is 25.0 Å². The molecule has 1 aromatic heterocycles. The lowest BCUT2D eigenvalue weighted by Gasteiger charge is -2.20. The maximum Gasteiger partial charge on any atom is 0.273 e. The number of nitrogens with zero attached hydrogens (tertiary/aromatic N) is 2. The van der Waals surface area contributed by atoms with Gasteiger partial charge in [-0.05, 0) is 31.4 Å². The van der Waals surface area contributed by atoms with Crippen molar-refractivity contribution >= 4 is 22.4 Å². The summed E-state index contributed by atoms with van der Waals surface area (Å²) in [5.74, 6) is 0.0331. The van der Waals surface area contributed by atoms with Crippen LogP contribution in [0.15, 0.2) is 24.4 Å². The molecule has 3 rings (SSSR count). The zero-order valence-corrected chi connectivity index (χ0v) is 12.4. The molecule has 0 saturated carbocycles. The zero-order valence-electron chi connectivity index (χ0n) is 12.4. The molecule has 1 amide bonds. The molecule has 4 nitrogen and oxygen atoms in total. The van der Waals surface area contributed by atoms with Crippen LogP contribution in [0.2, 0.25) is 0 Å². The monoisotopic (exact) mass is 283 g/mol. The molecule has 0 unspecified atom stereocenters.